The summed E-state index contributed by atoms with van der Waals surface area (Å²) in [7, 11) is 0. The topological polar surface area (TPSA) is 59.8 Å². The Morgan fingerprint density at radius 2 is 1.84 bits per heavy atom. The van der Waals surface area contributed by atoms with E-state index in [0.717, 1.165) is 34.9 Å². The molecule has 0 bridgehead atoms. The third-order valence-corrected chi connectivity index (χ3v) is 4.46. The number of hydrogen-bond acceptors (Lipinski definition) is 3. The van der Waals surface area contributed by atoms with Crippen LogP contribution in [0.3, 0.4) is 0 Å². The first-order chi connectivity index (χ1) is 11.7. The number of aryl methyl sites for hydroxylation is 4. The van der Waals surface area contributed by atoms with Crippen molar-refractivity contribution in [3.05, 3.63) is 40.0 Å². The number of aromatic nitrogens is 3. The molecule has 136 valence electrons. The summed E-state index contributed by atoms with van der Waals surface area (Å²) in [6, 6.07) is 1.99. The fourth-order valence-corrected chi connectivity index (χ4v) is 3.27. The maximum atomic E-state index is 12.4. The molecule has 1 N–H and O–H groups in total. The molecule has 0 aliphatic heterocycles. The van der Waals surface area contributed by atoms with E-state index in [0.29, 0.717) is 18.8 Å². The van der Waals surface area contributed by atoms with Gasteiger partial charge in [-0.1, -0.05) is 13.8 Å². The van der Waals surface area contributed by atoms with Crippen LogP contribution in [-0.4, -0.2) is 20.7 Å². The number of amides is 1. The normalized spacial score (nSPS) is 11.2. The van der Waals surface area contributed by atoms with Gasteiger partial charge in [0.1, 0.15) is 0 Å². The van der Waals surface area contributed by atoms with Crippen LogP contribution >= 0.6 is 0 Å². The SMILES string of the molecule is Cc1cc(C)c(NC(=O)CCc2c(C)nn(CC(C)C)c2C)c(C)n1. The third-order valence-electron chi connectivity index (χ3n) is 4.46. The Hall–Kier alpha value is -2.17. The first-order valence-corrected chi connectivity index (χ1v) is 8.96. The molecular weight excluding hydrogens is 312 g/mol. The van der Waals surface area contributed by atoms with Crippen molar-refractivity contribution in [1.29, 1.82) is 0 Å². The summed E-state index contributed by atoms with van der Waals surface area (Å²) in [5.41, 5.74) is 7.10. The molecule has 0 saturated carbocycles. The number of nitrogens with one attached hydrogen (secondary N) is 1. The molecular formula is C20H30N4O. The Bertz CT molecular complexity index is 751. The van der Waals surface area contributed by atoms with Crippen molar-refractivity contribution in [2.45, 2.75) is 67.9 Å². The molecule has 0 saturated heterocycles. The number of carbonyl (C=O) groups excluding carboxylic acids is 1. The van der Waals surface area contributed by atoms with Gasteiger partial charge in [0.2, 0.25) is 5.91 Å². The minimum atomic E-state index is 0.0206. The van der Waals surface area contributed by atoms with Crippen molar-refractivity contribution in [1.82, 2.24) is 14.8 Å². The highest BCUT2D eigenvalue weighted by Gasteiger charge is 2.15. The lowest BCUT2D eigenvalue weighted by Gasteiger charge is -2.12. The van der Waals surface area contributed by atoms with E-state index in [9.17, 15) is 4.79 Å². The Balaban J connectivity index is 2.05. The second kappa shape index (κ2) is 7.81. The van der Waals surface area contributed by atoms with Crippen LogP contribution in [0, 0.1) is 40.5 Å². The summed E-state index contributed by atoms with van der Waals surface area (Å²) < 4.78 is 2.06. The van der Waals surface area contributed by atoms with Crippen molar-refractivity contribution >= 4 is 11.6 Å². The first-order valence-electron chi connectivity index (χ1n) is 8.96. The molecule has 2 aromatic rings. The molecule has 5 heteroatoms. The number of rotatable bonds is 6. The molecule has 0 aliphatic rings. The van der Waals surface area contributed by atoms with E-state index in [1.807, 2.05) is 33.8 Å². The van der Waals surface area contributed by atoms with Crippen LogP contribution in [0.15, 0.2) is 6.07 Å². The van der Waals surface area contributed by atoms with Gasteiger partial charge in [-0.15, -0.1) is 0 Å². The van der Waals surface area contributed by atoms with Gasteiger partial charge in [-0.25, -0.2) is 0 Å². The van der Waals surface area contributed by atoms with Gasteiger partial charge < -0.3 is 5.32 Å². The maximum absolute atomic E-state index is 12.4. The average molecular weight is 342 g/mol. The fraction of sp³-hybridized carbons (Fsp3) is 0.550. The fourth-order valence-electron chi connectivity index (χ4n) is 3.27. The van der Waals surface area contributed by atoms with E-state index in [4.69, 9.17) is 0 Å². The molecule has 2 aromatic heterocycles. The standard InChI is InChI=1S/C20H30N4O/c1-12(2)11-24-17(7)18(15(5)23-24)8-9-19(25)22-20-13(3)10-14(4)21-16(20)6/h10,12H,8-9,11H2,1-7H3,(H,22,25). The van der Waals surface area contributed by atoms with Crippen LogP contribution < -0.4 is 5.32 Å². The molecule has 1 amide bonds. The van der Waals surface area contributed by atoms with E-state index in [-0.39, 0.29) is 5.91 Å². The van der Waals surface area contributed by atoms with E-state index in [1.54, 1.807) is 0 Å². The van der Waals surface area contributed by atoms with Crippen LogP contribution in [0.2, 0.25) is 0 Å². The zero-order valence-corrected chi connectivity index (χ0v) is 16.5. The van der Waals surface area contributed by atoms with E-state index < -0.39 is 0 Å². The highest BCUT2D eigenvalue weighted by molar-refractivity contribution is 5.92. The van der Waals surface area contributed by atoms with Crippen molar-refractivity contribution in [3.63, 3.8) is 0 Å². The lowest BCUT2D eigenvalue weighted by atomic mass is 10.1. The van der Waals surface area contributed by atoms with Crippen molar-refractivity contribution < 1.29 is 4.79 Å². The summed E-state index contributed by atoms with van der Waals surface area (Å²) in [6.07, 6.45) is 1.15. The van der Waals surface area contributed by atoms with E-state index >= 15 is 0 Å². The molecule has 0 fully saturated rings. The zero-order valence-electron chi connectivity index (χ0n) is 16.5. The largest absolute Gasteiger partial charge is 0.324 e. The van der Waals surface area contributed by atoms with Gasteiger partial charge in [0.05, 0.1) is 17.1 Å². The highest BCUT2D eigenvalue weighted by atomic mass is 16.1. The molecule has 25 heavy (non-hydrogen) atoms. The molecule has 5 nitrogen and oxygen atoms in total. The van der Waals surface area contributed by atoms with Gasteiger partial charge in [0.15, 0.2) is 0 Å². The lowest BCUT2D eigenvalue weighted by molar-refractivity contribution is -0.116. The van der Waals surface area contributed by atoms with Crippen molar-refractivity contribution in [2.75, 3.05) is 5.32 Å². The summed E-state index contributed by atoms with van der Waals surface area (Å²) >= 11 is 0. The molecule has 0 spiro atoms. The van der Waals surface area contributed by atoms with Crippen molar-refractivity contribution in [2.24, 2.45) is 5.92 Å². The van der Waals surface area contributed by atoms with Crippen molar-refractivity contribution in [3.8, 4) is 0 Å². The summed E-state index contributed by atoms with van der Waals surface area (Å²) in [5, 5.41) is 7.65. The Kier molecular flexibility index (Phi) is 5.98. The second-order valence-corrected chi connectivity index (χ2v) is 7.31. The van der Waals surface area contributed by atoms with Crippen LogP contribution in [0.4, 0.5) is 5.69 Å². The van der Waals surface area contributed by atoms with Gasteiger partial charge >= 0.3 is 0 Å². The lowest BCUT2D eigenvalue weighted by Crippen LogP contribution is -2.15. The summed E-state index contributed by atoms with van der Waals surface area (Å²) in [6.45, 7) is 15.3. The van der Waals surface area contributed by atoms with Crippen LogP contribution in [0.5, 0.6) is 0 Å². The number of pyridine rings is 1. The molecule has 2 heterocycles. The van der Waals surface area contributed by atoms with Gasteiger partial charge in [0, 0.05) is 24.4 Å². The summed E-state index contributed by atoms with van der Waals surface area (Å²) in [5.74, 6) is 0.571. The Morgan fingerprint density at radius 3 is 2.44 bits per heavy atom. The molecule has 0 radical (unpaired) electrons. The predicted molar refractivity (Wildman–Crippen MR) is 102 cm³/mol. The quantitative estimate of drug-likeness (QED) is 0.861. The monoisotopic (exact) mass is 342 g/mol. The van der Waals surface area contributed by atoms with Gasteiger partial charge in [-0.2, -0.15) is 5.10 Å². The summed E-state index contributed by atoms with van der Waals surface area (Å²) in [4.78, 5) is 16.9. The Labute approximate surface area is 150 Å². The predicted octanol–water partition coefficient (Wildman–Crippen LogP) is 4.05. The van der Waals surface area contributed by atoms with Gasteiger partial charge in [-0.3, -0.25) is 14.5 Å². The zero-order chi connectivity index (χ0) is 18.7. The van der Waals surface area contributed by atoms with Crippen LogP contribution in [0.25, 0.3) is 0 Å². The number of hydrogen-bond donors (Lipinski definition) is 1. The van der Waals surface area contributed by atoms with E-state index in [2.05, 4.69) is 40.9 Å². The maximum Gasteiger partial charge on any atom is 0.224 e. The molecule has 2 rings (SSSR count). The highest BCUT2D eigenvalue weighted by Crippen LogP contribution is 2.21. The van der Waals surface area contributed by atoms with E-state index in [1.165, 1.54) is 11.3 Å². The third kappa shape index (κ3) is 4.68. The minimum Gasteiger partial charge on any atom is -0.324 e. The van der Waals surface area contributed by atoms with Gasteiger partial charge in [0.25, 0.3) is 0 Å². The molecule has 0 atom stereocenters. The number of anilines is 1. The minimum absolute atomic E-state index is 0.0206. The smallest absolute Gasteiger partial charge is 0.224 e. The number of carbonyl (C=O) groups is 1. The van der Waals surface area contributed by atoms with Crippen LogP contribution in [-0.2, 0) is 17.8 Å². The molecule has 0 unspecified atom stereocenters. The Morgan fingerprint density at radius 1 is 1.16 bits per heavy atom. The molecule has 0 aliphatic carbocycles. The van der Waals surface area contributed by atoms with Gasteiger partial charge in [-0.05, 0) is 64.2 Å². The average Bonchev–Trinajstić information content (AvgIpc) is 2.74. The van der Waals surface area contributed by atoms with Crippen LogP contribution in [0.1, 0.15) is 54.2 Å². The first kappa shape index (κ1) is 19.2. The molecule has 0 aromatic carbocycles. The second-order valence-electron chi connectivity index (χ2n) is 7.31. The number of nitrogens with zero attached hydrogens (tertiary/aromatic N) is 3.